The summed E-state index contributed by atoms with van der Waals surface area (Å²) in [6.45, 7) is 0. The van der Waals surface area contributed by atoms with Gasteiger partial charge in [0.05, 0.1) is 27.8 Å². The number of hydrogen-bond acceptors (Lipinski definition) is 0. The second kappa shape index (κ2) is 13.5. The van der Waals surface area contributed by atoms with Crippen LogP contribution in [0, 0.1) is 0 Å². The third-order valence-corrected chi connectivity index (χ3v) is 16.6. The third kappa shape index (κ3) is 5.10. The van der Waals surface area contributed by atoms with Gasteiger partial charge in [-0.2, -0.15) is 0 Å². The van der Waals surface area contributed by atoms with Crippen molar-refractivity contribution >= 4 is 72.4 Å². The van der Waals surface area contributed by atoms with Crippen LogP contribution in [0.1, 0.15) is 0 Å². The quantitative estimate of drug-likeness (QED) is 0.114. The number of hydrogen-bond donors (Lipinski definition) is 0. The molecule has 0 saturated heterocycles. The van der Waals surface area contributed by atoms with Crippen molar-refractivity contribution in [2.45, 2.75) is 0 Å². The Morgan fingerprint density at radius 3 is 1.47 bits per heavy atom. The molecule has 0 spiro atoms. The first-order valence-electron chi connectivity index (χ1n) is 19.7. The molecule has 11 aromatic rings. The molecular weight excluding hydrogens is 705 g/mol. The number of fused-ring (bicyclic) bond motifs is 6. The highest BCUT2D eigenvalue weighted by atomic mass is 28.3. The minimum absolute atomic E-state index is 1.15. The second-order valence-corrected chi connectivity index (χ2v) is 18.7. The molecule has 0 fully saturated rings. The predicted molar refractivity (Wildman–Crippen MR) is 244 cm³/mol. The van der Waals surface area contributed by atoms with Crippen LogP contribution in [0.25, 0.3) is 66.1 Å². The van der Waals surface area contributed by atoms with E-state index >= 15 is 0 Å². The summed E-state index contributed by atoms with van der Waals surface area (Å²) in [6.07, 6.45) is 0. The van der Waals surface area contributed by atoms with Crippen molar-refractivity contribution in [2.75, 3.05) is 0 Å². The largest absolute Gasteiger partial charge is 0.309 e. The van der Waals surface area contributed by atoms with Crippen molar-refractivity contribution in [1.82, 2.24) is 9.13 Å². The molecule has 57 heavy (non-hydrogen) atoms. The molecule has 0 N–H and O–H groups in total. The van der Waals surface area contributed by atoms with Crippen molar-refractivity contribution in [3.63, 3.8) is 0 Å². The van der Waals surface area contributed by atoms with Crippen LogP contribution in [0.2, 0.25) is 0 Å². The highest BCUT2D eigenvalue weighted by Gasteiger charge is 2.41. The molecule has 2 aromatic heterocycles. The van der Waals surface area contributed by atoms with Gasteiger partial charge >= 0.3 is 0 Å². The van der Waals surface area contributed by atoms with E-state index < -0.39 is 8.07 Å². The van der Waals surface area contributed by atoms with Crippen molar-refractivity contribution in [3.8, 4) is 22.5 Å². The first kappa shape index (κ1) is 33.2. The fraction of sp³-hybridized carbons (Fsp3) is 0. The average molecular weight is 743 g/mol. The summed E-state index contributed by atoms with van der Waals surface area (Å²) in [5, 5.41) is 10.4. The minimum atomic E-state index is -2.79. The highest BCUT2D eigenvalue weighted by Crippen LogP contribution is 2.42. The van der Waals surface area contributed by atoms with Crippen molar-refractivity contribution in [2.24, 2.45) is 0 Å². The van der Waals surface area contributed by atoms with E-state index in [2.05, 4.69) is 240 Å². The van der Waals surface area contributed by atoms with Gasteiger partial charge in [0.25, 0.3) is 0 Å². The molecule has 0 amide bonds. The summed E-state index contributed by atoms with van der Waals surface area (Å²) in [6, 6.07) is 85.2. The molecule has 11 rings (SSSR count). The minimum Gasteiger partial charge on any atom is -0.309 e. The van der Waals surface area contributed by atoms with Crippen LogP contribution >= 0.6 is 0 Å². The molecule has 0 aliphatic rings. The molecule has 0 aliphatic heterocycles. The number of para-hydroxylation sites is 3. The molecule has 2 heterocycles. The van der Waals surface area contributed by atoms with Gasteiger partial charge in [-0.15, -0.1) is 0 Å². The molecule has 0 saturated carbocycles. The average Bonchev–Trinajstić information content (AvgIpc) is 3.81. The smallest absolute Gasteiger partial charge is 0.179 e. The Kier molecular flexibility index (Phi) is 7.87. The van der Waals surface area contributed by atoms with E-state index in [0.717, 1.165) is 5.69 Å². The van der Waals surface area contributed by atoms with Gasteiger partial charge in [-0.3, -0.25) is 0 Å². The van der Waals surface area contributed by atoms with Crippen LogP contribution in [0.15, 0.2) is 231 Å². The van der Waals surface area contributed by atoms with Crippen molar-refractivity contribution < 1.29 is 0 Å². The Balaban J connectivity index is 1.28. The molecule has 2 nitrogen and oxygen atoms in total. The van der Waals surface area contributed by atoms with E-state index in [1.165, 1.54) is 81.2 Å². The number of aromatic nitrogens is 2. The van der Waals surface area contributed by atoms with E-state index in [9.17, 15) is 0 Å². The highest BCUT2D eigenvalue weighted by molar-refractivity contribution is 7.20. The van der Waals surface area contributed by atoms with E-state index in [4.69, 9.17) is 0 Å². The summed E-state index contributed by atoms with van der Waals surface area (Å²) < 4.78 is 5.01. The van der Waals surface area contributed by atoms with Gasteiger partial charge in [-0.1, -0.05) is 194 Å². The molecule has 0 unspecified atom stereocenters. The van der Waals surface area contributed by atoms with Gasteiger partial charge in [0.2, 0.25) is 0 Å². The lowest BCUT2D eigenvalue weighted by molar-refractivity contribution is 1.17. The number of rotatable bonds is 7. The maximum atomic E-state index is 2.54. The van der Waals surface area contributed by atoms with E-state index in [1.807, 2.05) is 0 Å². The summed E-state index contributed by atoms with van der Waals surface area (Å²) in [5.41, 5.74) is 9.54. The van der Waals surface area contributed by atoms with E-state index in [1.54, 1.807) is 0 Å². The van der Waals surface area contributed by atoms with Crippen LogP contribution in [0.5, 0.6) is 0 Å². The summed E-state index contributed by atoms with van der Waals surface area (Å²) >= 11 is 0. The van der Waals surface area contributed by atoms with Crippen molar-refractivity contribution in [1.29, 1.82) is 0 Å². The Morgan fingerprint density at radius 2 is 0.825 bits per heavy atom. The lowest BCUT2D eigenvalue weighted by atomic mass is 10.0. The standard InChI is InChI=1S/C54H38N2Si/c1-6-20-39(21-7-1)45-31-18-32-48-53-50(55(54(45)48)40-22-8-2-9-23-40)34-19-35-51(53)56-49-33-17-16-30-46(49)47-37-36-44(38-52(47)56)57(41-24-10-3-11-25-41,42-26-12-4-13-27-42)43-28-14-5-15-29-43/h1-38H. The molecule has 9 aromatic carbocycles. The van der Waals surface area contributed by atoms with Gasteiger partial charge in [0.1, 0.15) is 0 Å². The van der Waals surface area contributed by atoms with Gasteiger partial charge in [0.15, 0.2) is 8.07 Å². The van der Waals surface area contributed by atoms with E-state index in [-0.39, 0.29) is 0 Å². The zero-order chi connectivity index (χ0) is 37.8. The van der Waals surface area contributed by atoms with Gasteiger partial charge in [0, 0.05) is 32.8 Å². The predicted octanol–water partition coefficient (Wildman–Crippen LogP) is 10.9. The molecular formula is C54H38N2Si. The fourth-order valence-electron chi connectivity index (χ4n) is 9.51. The number of nitrogens with zero attached hydrogens (tertiary/aromatic N) is 2. The SMILES string of the molecule is c1ccc(-c2cccc3c4c(-n5c6ccccc6c6ccc([Si](c7ccccc7)(c7ccccc7)c7ccccc7)cc65)cccc4n(-c4ccccc4)c23)cc1. The van der Waals surface area contributed by atoms with E-state index in [0.29, 0.717) is 0 Å². The maximum absolute atomic E-state index is 2.79. The second-order valence-electron chi connectivity index (χ2n) is 14.8. The summed E-state index contributed by atoms with van der Waals surface area (Å²) in [7, 11) is -2.79. The monoisotopic (exact) mass is 742 g/mol. The molecule has 268 valence electrons. The van der Waals surface area contributed by atoms with Crippen LogP contribution in [-0.4, -0.2) is 17.2 Å². The topological polar surface area (TPSA) is 9.86 Å². The van der Waals surface area contributed by atoms with Gasteiger partial charge in [-0.25, -0.2) is 0 Å². The molecule has 0 bridgehead atoms. The molecule has 3 heteroatoms. The first-order valence-corrected chi connectivity index (χ1v) is 21.7. The molecule has 0 aliphatic carbocycles. The van der Waals surface area contributed by atoms with Crippen LogP contribution < -0.4 is 20.7 Å². The summed E-state index contributed by atoms with van der Waals surface area (Å²) in [4.78, 5) is 0. The fourth-order valence-corrected chi connectivity index (χ4v) is 14.3. The first-order chi connectivity index (χ1) is 28.3. The maximum Gasteiger partial charge on any atom is 0.179 e. The Morgan fingerprint density at radius 1 is 0.316 bits per heavy atom. The molecule has 0 atom stereocenters. The van der Waals surface area contributed by atoms with Crippen LogP contribution in [0.4, 0.5) is 0 Å². The third-order valence-electron chi connectivity index (χ3n) is 11.9. The summed E-state index contributed by atoms with van der Waals surface area (Å²) in [5.74, 6) is 0. The normalized spacial score (nSPS) is 11.9. The zero-order valence-corrected chi connectivity index (χ0v) is 32.3. The number of benzene rings is 9. The van der Waals surface area contributed by atoms with Gasteiger partial charge in [-0.05, 0) is 62.7 Å². The lowest BCUT2D eigenvalue weighted by Crippen LogP contribution is -2.74. The molecule has 0 radical (unpaired) electrons. The van der Waals surface area contributed by atoms with Crippen LogP contribution in [-0.2, 0) is 0 Å². The van der Waals surface area contributed by atoms with Crippen LogP contribution in [0.3, 0.4) is 0 Å². The Bertz CT molecular complexity index is 3110. The Hall–Kier alpha value is -7.20. The van der Waals surface area contributed by atoms with Crippen molar-refractivity contribution in [3.05, 3.63) is 231 Å². The lowest BCUT2D eigenvalue weighted by Gasteiger charge is -2.34. The van der Waals surface area contributed by atoms with Gasteiger partial charge < -0.3 is 9.13 Å². The Labute approximate surface area is 333 Å². The zero-order valence-electron chi connectivity index (χ0n) is 31.3.